The zero-order valence-corrected chi connectivity index (χ0v) is 29.1. The van der Waals surface area contributed by atoms with Gasteiger partial charge < -0.3 is 0 Å². The molecule has 5 heteroatoms. The monoisotopic (exact) mass is 624 g/mol. The number of pyridine rings is 2. The Hall–Kier alpha value is -4.12. The fourth-order valence-corrected chi connectivity index (χ4v) is 10.2. The highest BCUT2D eigenvalue weighted by Gasteiger charge is 2.79. The van der Waals surface area contributed by atoms with Crippen LogP contribution in [0, 0.1) is 5.82 Å². The maximum Gasteiger partial charge on any atom is 0.236 e. The Morgan fingerprint density at radius 2 is 1.72 bits per heavy atom. The van der Waals surface area contributed by atoms with Crippen molar-refractivity contribution >= 4 is 21.8 Å². The Morgan fingerprint density at radius 3 is 2.45 bits per heavy atom. The molecule has 6 aromatic rings. The lowest BCUT2D eigenvalue weighted by Crippen LogP contribution is -2.79. The van der Waals surface area contributed by atoms with Crippen LogP contribution in [0.5, 0.6) is 0 Å². The molecule has 0 spiro atoms. The Balaban J connectivity index is 1.52. The van der Waals surface area contributed by atoms with Crippen LogP contribution in [0.1, 0.15) is 120 Å². The molecule has 9 rings (SSSR count). The van der Waals surface area contributed by atoms with Gasteiger partial charge in [-0.05, 0) is 59.5 Å². The topological polar surface area (TPSA) is 25.3 Å². The molecule has 2 unspecified atom stereocenters. The van der Waals surface area contributed by atoms with E-state index >= 15 is 4.39 Å². The smallest absolute Gasteiger partial charge is 0.217 e. The van der Waals surface area contributed by atoms with Gasteiger partial charge in [-0.3, -0.25) is 0 Å². The van der Waals surface area contributed by atoms with Crippen LogP contribution in [0.2, 0.25) is 0 Å². The van der Waals surface area contributed by atoms with Gasteiger partial charge in [-0.2, -0.15) is 14.1 Å². The molecule has 0 radical (unpaired) electrons. The predicted molar refractivity (Wildman–Crippen MR) is 186 cm³/mol. The first-order chi connectivity index (χ1) is 22.5. The predicted octanol–water partition coefficient (Wildman–Crippen LogP) is 8.78. The van der Waals surface area contributed by atoms with Crippen molar-refractivity contribution in [1.29, 1.82) is 0 Å². The third-order valence-electron chi connectivity index (χ3n) is 12.3. The molecule has 5 heterocycles. The van der Waals surface area contributed by atoms with E-state index < -0.39 is 11.0 Å². The molecule has 2 aliphatic carbocycles. The number of benzene rings is 2. The fourth-order valence-electron chi connectivity index (χ4n) is 10.2. The summed E-state index contributed by atoms with van der Waals surface area (Å²) in [6.07, 6.45) is 9.67. The van der Waals surface area contributed by atoms with Crippen molar-refractivity contribution in [3.63, 3.8) is 0 Å². The molecule has 47 heavy (non-hydrogen) atoms. The minimum Gasteiger partial charge on any atom is -0.217 e. The van der Waals surface area contributed by atoms with E-state index in [0.29, 0.717) is 0 Å². The highest BCUT2D eigenvalue weighted by atomic mass is 19.1. The number of aromatic nitrogens is 4. The van der Waals surface area contributed by atoms with Crippen LogP contribution in [0.3, 0.4) is 0 Å². The van der Waals surface area contributed by atoms with E-state index in [-0.39, 0.29) is 16.6 Å². The summed E-state index contributed by atoms with van der Waals surface area (Å²) in [5.41, 5.74) is 11.5. The minimum atomic E-state index is -0.488. The first-order valence-electron chi connectivity index (χ1n) is 17.7. The Labute approximate surface area is 276 Å². The first kappa shape index (κ1) is 29.1. The van der Waals surface area contributed by atoms with Crippen molar-refractivity contribution in [2.45, 2.75) is 109 Å². The molecular formula is C42H45FN4+2. The van der Waals surface area contributed by atoms with Crippen LogP contribution in [0.4, 0.5) is 4.39 Å². The van der Waals surface area contributed by atoms with Crippen molar-refractivity contribution in [2.24, 2.45) is 0 Å². The van der Waals surface area contributed by atoms with Crippen LogP contribution in [-0.4, -0.2) is 9.61 Å². The molecule has 0 bridgehead atoms. The van der Waals surface area contributed by atoms with Gasteiger partial charge in [0.05, 0.1) is 16.6 Å². The zero-order valence-electron chi connectivity index (χ0n) is 29.1. The molecule has 238 valence electrons. The Bertz CT molecular complexity index is 2360. The lowest BCUT2D eigenvalue weighted by Gasteiger charge is -2.55. The number of hydrogen-bond acceptors (Lipinski definition) is 1. The van der Waals surface area contributed by atoms with E-state index in [4.69, 9.17) is 5.10 Å². The number of nitrogens with zero attached hydrogens (tertiary/aromatic N) is 4. The molecule has 0 amide bonds. The van der Waals surface area contributed by atoms with E-state index in [0.717, 1.165) is 60.0 Å². The lowest BCUT2D eigenvalue weighted by atomic mass is 9.46. The second kappa shape index (κ2) is 9.06. The molecule has 3 aliphatic rings. The van der Waals surface area contributed by atoms with Crippen molar-refractivity contribution in [3.05, 3.63) is 112 Å². The molecule has 4 aromatic heterocycles. The third-order valence-corrected chi connectivity index (χ3v) is 12.3. The second-order valence-corrected chi connectivity index (χ2v) is 15.9. The van der Waals surface area contributed by atoms with E-state index in [1.165, 1.54) is 44.5 Å². The Morgan fingerprint density at radius 1 is 0.915 bits per heavy atom. The normalized spacial score (nSPS) is 21.6. The maximum atomic E-state index is 16.6. The number of aryl methyl sites for hydroxylation is 1. The van der Waals surface area contributed by atoms with Crippen LogP contribution in [-0.2, 0) is 28.2 Å². The summed E-state index contributed by atoms with van der Waals surface area (Å²) < 4.78 is 23.9. The van der Waals surface area contributed by atoms with Gasteiger partial charge in [0.2, 0.25) is 22.4 Å². The van der Waals surface area contributed by atoms with E-state index in [1.807, 2.05) is 0 Å². The zero-order chi connectivity index (χ0) is 32.8. The van der Waals surface area contributed by atoms with Gasteiger partial charge in [0.25, 0.3) is 0 Å². The molecule has 4 nitrogen and oxygen atoms in total. The van der Waals surface area contributed by atoms with Gasteiger partial charge in [0.15, 0.2) is 23.5 Å². The highest BCUT2D eigenvalue weighted by molar-refractivity contribution is 6.02. The van der Waals surface area contributed by atoms with Gasteiger partial charge in [0.1, 0.15) is 11.3 Å². The molecule has 2 aromatic carbocycles. The number of fused-ring (bicyclic) bond motifs is 11. The molecule has 1 aliphatic heterocycles. The average Bonchev–Trinajstić information content (AvgIpc) is 3.49. The standard InChI is InChI=1S/C42H45FN4/c1-9-12-15-25-22-26-19-21-46-36-33(26)28(23-25)40(7,8)35-29(43)18-17-27(34(35)36)41(10-2)37-38(42(41,46)11-3)47-31(24-32(44-47)39(4,5)6)30-16-13-14-20-45(30)37/h13-14,16-24H,9-12,15H2,1-8H3/q+2. The van der Waals surface area contributed by atoms with Crippen molar-refractivity contribution in [2.75, 3.05) is 0 Å². The molecule has 0 saturated heterocycles. The van der Waals surface area contributed by atoms with Crippen molar-refractivity contribution < 1.29 is 13.4 Å². The lowest BCUT2D eigenvalue weighted by molar-refractivity contribution is -0.769. The maximum absolute atomic E-state index is 16.6. The van der Waals surface area contributed by atoms with E-state index in [9.17, 15) is 0 Å². The number of unbranched alkanes of at least 4 members (excludes halogenated alkanes) is 1. The largest absolute Gasteiger partial charge is 0.236 e. The molecule has 0 N–H and O–H groups in total. The van der Waals surface area contributed by atoms with Crippen LogP contribution < -0.4 is 8.97 Å². The quantitative estimate of drug-likeness (QED) is 0.176. The SMILES string of the molecule is CCCCc1cc2c3c4[n+](ccc3c1)C1(CC)c3c([n+]5ccccc5c5cc(C(C)(C)C)nn35)C1(CC)c1ccc(F)c(c1-4)C2(C)C. The summed E-state index contributed by atoms with van der Waals surface area (Å²) >= 11 is 0. The summed E-state index contributed by atoms with van der Waals surface area (Å²) in [5.74, 6) is -0.105. The van der Waals surface area contributed by atoms with Gasteiger partial charge in [-0.25, -0.2) is 8.91 Å². The van der Waals surface area contributed by atoms with E-state index in [1.54, 1.807) is 6.07 Å². The number of hydrogen-bond donors (Lipinski definition) is 0. The van der Waals surface area contributed by atoms with Gasteiger partial charge >= 0.3 is 0 Å². The molecule has 0 saturated carbocycles. The van der Waals surface area contributed by atoms with Crippen LogP contribution in [0.15, 0.2) is 67.0 Å². The number of halogens is 1. The summed E-state index contributed by atoms with van der Waals surface area (Å²) in [5, 5.41) is 7.96. The molecule has 0 fully saturated rings. The second-order valence-electron chi connectivity index (χ2n) is 15.9. The summed E-state index contributed by atoms with van der Waals surface area (Å²) in [4.78, 5) is 0. The fraction of sp³-hybridized carbons (Fsp3) is 0.405. The first-order valence-corrected chi connectivity index (χ1v) is 17.7. The Kier molecular flexibility index (Phi) is 5.60. The molecule has 2 atom stereocenters. The van der Waals surface area contributed by atoms with Crippen LogP contribution >= 0.6 is 0 Å². The average molecular weight is 625 g/mol. The van der Waals surface area contributed by atoms with Crippen LogP contribution in [0.25, 0.3) is 33.1 Å². The number of rotatable bonds is 5. The summed E-state index contributed by atoms with van der Waals surface area (Å²) in [6, 6.07) is 19.8. The van der Waals surface area contributed by atoms with Gasteiger partial charge in [0, 0.05) is 41.0 Å². The third kappa shape index (κ3) is 3.13. The molecular weight excluding hydrogens is 579 g/mol. The summed E-state index contributed by atoms with van der Waals surface area (Å²) in [7, 11) is 0. The van der Waals surface area contributed by atoms with Crippen molar-refractivity contribution in [3.8, 4) is 11.3 Å². The highest BCUT2D eigenvalue weighted by Crippen LogP contribution is 2.66. The summed E-state index contributed by atoms with van der Waals surface area (Å²) in [6.45, 7) is 18.1. The van der Waals surface area contributed by atoms with Crippen molar-refractivity contribution in [1.82, 2.24) is 9.61 Å². The minimum absolute atomic E-state index is 0.0979. The van der Waals surface area contributed by atoms with E-state index in [2.05, 4.69) is 130 Å². The van der Waals surface area contributed by atoms with Gasteiger partial charge in [-0.15, -0.1) is 0 Å². The van der Waals surface area contributed by atoms with Gasteiger partial charge in [-0.1, -0.05) is 80.0 Å².